The largest absolute Gasteiger partial charge is 0.418 e. The Morgan fingerprint density at radius 3 is 1.18 bits per heavy atom. The van der Waals surface area contributed by atoms with Crippen LogP contribution in [0.3, 0.4) is 0 Å². The van der Waals surface area contributed by atoms with Crippen LogP contribution in [0.4, 0.5) is 17.6 Å². The lowest BCUT2D eigenvalue weighted by atomic mass is 10.8. The molecule has 0 aromatic carbocycles. The van der Waals surface area contributed by atoms with Crippen LogP contribution >= 0.6 is 34.8 Å². The molecule has 0 rings (SSSR count). The van der Waals surface area contributed by atoms with Crippen LogP contribution in [0, 0.1) is 0 Å². The predicted octanol–water partition coefficient (Wildman–Crippen LogP) is 3.89. The van der Waals surface area contributed by atoms with Gasteiger partial charge in [0.2, 0.25) is 4.84 Å². The highest BCUT2D eigenvalue weighted by molar-refractivity contribution is 6.44. The Bertz CT molecular complexity index is 87.1. The van der Waals surface area contributed by atoms with Gasteiger partial charge in [-0.15, -0.1) is 0 Å². The van der Waals surface area contributed by atoms with E-state index < -0.39 is 16.6 Å². The van der Waals surface area contributed by atoms with Gasteiger partial charge in [-0.25, -0.2) is 4.39 Å². The third-order valence-corrected chi connectivity index (χ3v) is 0.742. The molecule has 1 atom stereocenters. The van der Waals surface area contributed by atoms with E-state index in [0.717, 1.165) is 0 Å². The minimum absolute atomic E-state index is 1.19. The van der Waals surface area contributed by atoms with E-state index >= 15 is 0 Å². The molecule has 0 spiro atoms. The molecule has 0 nitrogen and oxygen atoms in total. The summed E-state index contributed by atoms with van der Waals surface area (Å²) in [6.45, 7) is 1.27. The second-order valence-electron chi connectivity index (χ2n) is 1.36. The van der Waals surface area contributed by atoms with E-state index in [-0.39, 0.29) is 0 Å². The minimum atomic E-state index is -4.47. The monoisotopic (exact) mass is 234 g/mol. The van der Waals surface area contributed by atoms with Gasteiger partial charge in [-0.3, -0.25) is 0 Å². The minimum Gasteiger partial charge on any atom is -0.230 e. The molecule has 11 heavy (non-hydrogen) atoms. The average molecular weight is 235 g/mol. The van der Waals surface area contributed by atoms with E-state index in [0.29, 0.717) is 0 Å². The summed E-state index contributed by atoms with van der Waals surface area (Å²) in [6, 6.07) is 0. The molecular weight excluding hydrogens is 230 g/mol. The molecular formula is C4H5Cl3F4. The predicted molar refractivity (Wildman–Crippen MR) is 38.0 cm³/mol. The molecule has 0 fully saturated rings. The van der Waals surface area contributed by atoms with Gasteiger partial charge in [0.05, 0.1) is 0 Å². The fourth-order valence-electron chi connectivity index (χ4n) is 0. The van der Waals surface area contributed by atoms with Crippen LogP contribution in [0.15, 0.2) is 0 Å². The van der Waals surface area contributed by atoms with Gasteiger partial charge in [0.15, 0.2) is 5.63 Å². The van der Waals surface area contributed by atoms with Gasteiger partial charge >= 0.3 is 6.18 Å². The Morgan fingerprint density at radius 1 is 1.09 bits per heavy atom. The highest BCUT2D eigenvalue weighted by Crippen LogP contribution is 2.26. The Balaban J connectivity index is 0. The SMILES string of the molecule is CC(F)Cl.FC(F)(F)C(Cl)Cl. The molecule has 0 saturated carbocycles. The summed E-state index contributed by atoms with van der Waals surface area (Å²) in [6.07, 6.45) is -4.47. The van der Waals surface area contributed by atoms with Crippen molar-refractivity contribution in [2.75, 3.05) is 0 Å². The Hall–Kier alpha value is 0.590. The first-order chi connectivity index (χ1) is 4.68. The summed E-state index contributed by atoms with van der Waals surface area (Å²) in [4.78, 5) is -2.26. The van der Waals surface area contributed by atoms with Crippen molar-refractivity contribution in [2.45, 2.75) is 23.6 Å². The van der Waals surface area contributed by atoms with E-state index in [1.807, 2.05) is 0 Å². The van der Waals surface area contributed by atoms with Gasteiger partial charge in [0.25, 0.3) is 0 Å². The molecule has 7 heteroatoms. The number of rotatable bonds is 0. The molecule has 0 aromatic heterocycles. The van der Waals surface area contributed by atoms with Crippen LogP contribution in [-0.4, -0.2) is 16.6 Å². The van der Waals surface area contributed by atoms with Crippen LogP contribution in [0.2, 0.25) is 0 Å². The van der Waals surface area contributed by atoms with Gasteiger partial charge in [0.1, 0.15) is 0 Å². The molecule has 0 radical (unpaired) electrons. The first-order valence-electron chi connectivity index (χ1n) is 2.31. The Kier molecular flexibility index (Phi) is 7.89. The molecule has 0 amide bonds. The first-order valence-corrected chi connectivity index (χ1v) is 3.62. The fourth-order valence-corrected chi connectivity index (χ4v) is 0. The fraction of sp³-hybridized carbons (Fsp3) is 1.00. The number of hydrogen-bond donors (Lipinski definition) is 0. The maximum absolute atomic E-state index is 10.9. The highest BCUT2D eigenvalue weighted by Gasteiger charge is 2.36. The molecule has 0 N–H and O–H groups in total. The quantitative estimate of drug-likeness (QED) is 0.441. The second-order valence-corrected chi connectivity index (χ2v) is 3.06. The van der Waals surface area contributed by atoms with Crippen molar-refractivity contribution in [3.63, 3.8) is 0 Å². The Morgan fingerprint density at radius 2 is 1.18 bits per heavy atom. The third kappa shape index (κ3) is 18.0. The smallest absolute Gasteiger partial charge is 0.230 e. The lowest BCUT2D eigenvalue weighted by Crippen LogP contribution is -2.16. The molecule has 0 saturated heterocycles. The summed E-state index contributed by atoms with van der Waals surface area (Å²) < 4.78 is 43.5. The maximum atomic E-state index is 10.9. The maximum Gasteiger partial charge on any atom is 0.418 e. The Labute approximate surface area is 76.4 Å². The lowest BCUT2D eigenvalue weighted by Gasteiger charge is -2.03. The summed E-state index contributed by atoms with van der Waals surface area (Å²) in [7, 11) is 0. The van der Waals surface area contributed by atoms with Crippen LogP contribution in [0.5, 0.6) is 0 Å². The number of halogens is 7. The number of hydrogen-bond acceptors (Lipinski definition) is 0. The van der Waals surface area contributed by atoms with Crippen molar-refractivity contribution in [1.29, 1.82) is 0 Å². The zero-order valence-electron chi connectivity index (χ0n) is 5.30. The van der Waals surface area contributed by atoms with Gasteiger partial charge < -0.3 is 0 Å². The molecule has 0 aliphatic rings. The van der Waals surface area contributed by atoms with Crippen LogP contribution in [0.25, 0.3) is 0 Å². The van der Waals surface area contributed by atoms with Gasteiger partial charge in [0, 0.05) is 0 Å². The summed E-state index contributed by atoms with van der Waals surface area (Å²) in [5, 5.41) is 0. The van der Waals surface area contributed by atoms with Gasteiger partial charge in [-0.2, -0.15) is 13.2 Å². The lowest BCUT2D eigenvalue weighted by molar-refractivity contribution is -0.115. The summed E-state index contributed by atoms with van der Waals surface area (Å²) >= 11 is 13.4. The molecule has 70 valence electrons. The molecule has 0 bridgehead atoms. The third-order valence-electron chi connectivity index (χ3n) is 0.247. The van der Waals surface area contributed by atoms with Crippen molar-refractivity contribution in [2.24, 2.45) is 0 Å². The van der Waals surface area contributed by atoms with E-state index in [1.54, 1.807) is 0 Å². The van der Waals surface area contributed by atoms with Crippen LogP contribution < -0.4 is 0 Å². The van der Waals surface area contributed by atoms with Crippen LogP contribution in [-0.2, 0) is 0 Å². The molecule has 0 heterocycles. The van der Waals surface area contributed by atoms with Crippen molar-refractivity contribution < 1.29 is 17.6 Å². The van der Waals surface area contributed by atoms with E-state index in [4.69, 9.17) is 0 Å². The standard InChI is InChI=1S/C2HCl2F3.C2H4ClF/c3-1(4)2(5,6)7;1-2(3)4/h1H;2H,1H3. The molecule has 0 aliphatic heterocycles. The summed E-state index contributed by atoms with van der Waals surface area (Å²) in [5.74, 6) is 0. The normalized spacial score (nSPS) is 13.9. The van der Waals surface area contributed by atoms with Crippen molar-refractivity contribution >= 4 is 34.8 Å². The van der Waals surface area contributed by atoms with Crippen molar-refractivity contribution in [1.82, 2.24) is 0 Å². The first kappa shape index (κ1) is 14.1. The average Bonchev–Trinajstić information content (AvgIpc) is 1.59. The van der Waals surface area contributed by atoms with Gasteiger partial charge in [-0.05, 0) is 6.92 Å². The van der Waals surface area contributed by atoms with Crippen molar-refractivity contribution in [3.8, 4) is 0 Å². The number of alkyl halides is 7. The highest BCUT2D eigenvalue weighted by atomic mass is 35.5. The summed E-state index contributed by atoms with van der Waals surface area (Å²) in [5.41, 5.74) is -1.19. The second kappa shape index (κ2) is 6.14. The zero-order valence-corrected chi connectivity index (χ0v) is 7.57. The topological polar surface area (TPSA) is 0 Å². The molecule has 0 aliphatic carbocycles. The van der Waals surface area contributed by atoms with Crippen LogP contribution in [0.1, 0.15) is 6.92 Å². The van der Waals surface area contributed by atoms with Crippen molar-refractivity contribution in [3.05, 3.63) is 0 Å². The van der Waals surface area contributed by atoms with E-state index in [1.165, 1.54) is 6.92 Å². The van der Waals surface area contributed by atoms with E-state index in [9.17, 15) is 17.6 Å². The molecule has 1 unspecified atom stereocenters. The van der Waals surface area contributed by atoms with E-state index in [2.05, 4.69) is 34.8 Å². The zero-order chi connectivity index (χ0) is 9.65. The molecule has 0 aromatic rings. The van der Waals surface area contributed by atoms with Gasteiger partial charge in [-0.1, -0.05) is 34.8 Å².